The van der Waals surface area contributed by atoms with Gasteiger partial charge in [-0.1, -0.05) is 12.8 Å². The Morgan fingerprint density at radius 3 is 2.38 bits per heavy atom. The van der Waals surface area contributed by atoms with Crippen LogP contribution in [0.3, 0.4) is 0 Å². The Kier molecular flexibility index (Phi) is 5.06. The van der Waals surface area contributed by atoms with E-state index in [0.29, 0.717) is 11.8 Å². The number of rotatable bonds is 2. The molecular formula is C12H23ClN2O. The van der Waals surface area contributed by atoms with Crippen LogP contribution in [-0.2, 0) is 4.79 Å². The normalized spacial score (nSPS) is 24.8. The molecule has 16 heavy (non-hydrogen) atoms. The third kappa shape index (κ3) is 3.36. The number of hydrogen-bond acceptors (Lipinski definition) is 2. The van der Waals surface area contributed by atoms with Gasteiger partial charge in [0, 0.05) is 11.5 Å². The molecule has 0 aromatic rings. The highest BCUT2D eigenvalue weighted by molar-refractivity contribution is 5.85. The van der Waals surface area contributed by atoms with Crippen molar-refractivity contribution in [2.75, 3.05) is 13.1 Å². The van der Waals surface area contributed by atoms with Crippen molar-refractivity contribution in [1.29, 1.82) is 0 Å². The molecule has 0 spiro atoms. The lowest BCUT2D eigenvalue weighted by molar-refractivity contribution is -0.126. The molecule has 0 aromatic heterocycles. The van der Waals surface area contributed by atoms with Crippen molar-refractivity contribution in [2.45, 2.75) is 51.0 Å². The molecule has 1 saturated heterocycles. The van der Waals surface area contributed by atoms with Crippen molar-refractivity contribution in [3.63, 3.8) is 0 Å². The molecule has 2 aliphatic rings. The van der Waals surface area contributed by atoms with Crippen LogP contribution in [0.25, 0.3) is 0 Å². The summed E-state index contributed by atoms with van der Waals surface area (Å²) in [4.78, 5) is 12.0. The Balaban J connectivity index is 0.00000128. The van der Waals surface area contributed by atoms with Crippen LogP contribution in [0.15, 0.2) is 0 Å². The van der Waals surface area contributed by atoms with E-state index >= 15 is 0 Å². The monoisotopic (exact) mass is 246 g/mol. The van der Waals surface area contributed by atoms with E-state index in [9.17, 15) is 4.79 Å². The number of carbonyl (C=O) groups is 1. The van der Waals surface area contributed by atoms with Crippen molar-refractivity contribution >= 4 is 18.3 Å². The van der Waals surface area contributed by atoms with Gasteiger partial charge in [0.15, 0.2) is 0 Å². The quantitative estimate of drug-likeness (QED) is 0.781. The standard InChI is InChI=1S/C12H22N2O.ClH/c1-12(6-8-13-9-7-12)14-11(15)10-4-2-3-5-10;/h10,13H,2-9H2,1H3,(H,14,15);1H. The minimum absolute atomic E-state index is 0. The fourth-order valence-corrected chi connectivity index (χ4v) is 2.69. The summed E-state index contributed by atoms with van der Waals surface area (Å²) >= 11 is 0. The summed E-state index contributed by atoms with van der Waals surface area (Å²) in [5.74, 6) is 0.605. The summed E-state index contributed by atoms with van der Waals surface area (Å²) < 4.78 is 0. The molecular weight excluding hydrogens is 224 g/mol. The molecule has 4 heteroatoms. The predicted octanol–water partition coefficient (Wildman–Crippen LogP) is 1.86. The summed E-state index contributed by atoms with van der Waals surface area (Å²) in [5.41, 5.74) is 0.0466. The Hall–Kier alpha value is -0.280. The summed E-state index contributed by atoms with van der Waals surface area (Å²) in [6.07, 6.45) is 6.78. The van der Waals surface area contributed by atoms with Gasteiger partial charge in [-0.15, -0.1) is 12.4 Å². The number of nitrogens with one attached hydrogen (secondary N) is 2. The highest BCUT2D eigenvalue weighted by Crippen LogP contribution is 2.26. The SMILES string of the molecule is CC1(NC(=O)C2CCCC2)CCNCC1.Cl. The zero-order valence-electron chi connectivity index (χ0n) is 10.1. The average Bonchev–Trinajstić information content (AvgIpc) is 2.70. The lowest BCUT2D eigenvalue weighted by Gasteiger charge is -2.35. The molecule has 2 fully saturated rings. The first-order valence-corrected chi connectivity index (χ1v) is 6.22. The van der Waals surface area contributed by atoms with Gasteiger partial charge in [-0.3, -0.25) is 4.79 Å². The summed E-state index contributed by atoms with van der Waals surface area (Å²) in [5, 5.41) is 6.59. The Morgan fingerprint density at radius 2 is 1.81 bits per heavy atom. The molecule has 0 bridgehead atoms. The molecule has 0 unspecified atom stereocenters. The van der Waals surface area contributed by atoms with Crippen molar-refractivity contribution in [1.82, 2.24) is 10.6 Å². The topological polar surface area (TPSA) is 41.1 Å². The molecule has 1 aliphatic carbocycles. The fraction of sp³-hybridized carbons (Fsp3) is 0.917. The number of amides is 1. The fourth-order valence-electron chi connectivity index (χ4n) is 2.69. The first-order chi connectivity index (χ1) is 7.20. The second kappa shape index (κ2) is 5.87. The maximum atomic E-state index is 12.0. The van der Waals surface area contributed by atoms with Crippen LogP contribution in [-0.4, -0.2) is 24.5 Å². The zero-order valence-corrected chi connectivity index (χ0v) is 10.9. The third-order valence-electron chi connectivity index (χ3n) is 3.86. The lowest BCUT2D eigenvalue weighted by atomic mass is 9.89. The van der Waals surface area contributed by atoms with Gasteiger partial charge in [-0.2, -0.15) is 0 Å². The van der Waals surface area contributed by atoms with Gasteiger partial charge in [0.2, 0.25) is 5.91 Å². The first kappa shape index (κ1) is 13.8. The van der Waals surface area contributed by atoms with Crippen LogP contribution >= 0.6 is 12.4 Å². The molecule has 1 heterocycles. The minimum Gasteiger partial charge on any atom is -0.351 e. The van der Waals surface area contributed by atoms with E-state index in [4.69, 9.17) is 0 Å². The molecule has 2 rings (SSSR count). The maximum Gasteiger partial charge on any atom is 0.223 e. The average molecular weight is 247 g/mol. The van der Waals surface area contributed by atoms with Crippen molar-refractivity contribution < 1.29 is 4.79 Å². The summed E-state index contributed by atoms with van der Waals surface area (Å²) in [7, 11) is 0. The van der Waals surface area contributed by atoms with Crippen LogP contribution in [0.5, 0.6) is 0 Å². The first-order valence-electron chi connectivity index (χ1n) is 6.22. The van der Waals surface area contributed by atoms with Crippen LogP contribution < -0.4 is 10.6 Å². The third-order valence-corrected chi connectivity index (χ3v) is 3.86. The Labute approximate surface area is 104 Å². The van der Waals surface area contributed by atoms with Crippen molar-refractivity contribution in [3.05, 3.63) is 0 Å². The van der Waals surface area contributed by atoms with E-state index < -0.39 is 0 Å². The molecule has 0 atom stereocenters. The number of carbonyl (C=O) groups excluding carboxylic acids is 1. The van der Waals surface area contributed by atoms with Crippen molar-refractivity contribution in [3.8, 4) is 0 Å². The lowest BCUT2D eigenvalue weighted by Crippen LogP contribution is -2.53. The molecule has 1 amide bonds. The van der Waals surface area contributed by atoms with E-state index in [1.54, 1.807) is 0 Å². The van der Waals surface area contributed by atoms with Gasteiger partial charge in [0.1, 0.15) is 0 Å². The number of halogens is 1. The van der Waals surface area contributed by atoms with Gasteiger partial charge in [-0.05, 0) is 45.7 Å². The zero-order chi connectivity index (χ0) is 10.7. The van der Waals surface area contributed by atoms with Gasteiger partial charge in [0.25, 0.3) is 0 Å². The van der Waals surface area contributed by atoms with E-state index in [0.717, 1.165) is 38.8 Å². The van der Waals surface area contributed by atoms with E-state index in [1.165, 1.54) is 12.8 Å². The van der Waals surface area contributed by atoms with Crippen LogP contribution in [0, 0.1) is 5.92 Å². The smallest absolute Gasteiger partial charge is 0.223 e. The van der Waals surface area contributed by atoms with Gasteiger partial charge in [0.05, 0.1) is 0 Å². The van der Waals surface area contributed by atoms with Gasteiger partial charge >= 0.3 is 0 Å². The molecule has 0 radical (unpaired) electrons. The molecule has 1 aliphatic heterocycles. The maximum absolute atomic E-state index is 12.0. The largest absolute Gasteiger partial charge is 0.351 e. The van der Waals surface area contributed by atoms with Crippen LogP contribution in [0.4, 0.5) is 0 Å². The second-order valence-electron chi connectivity index (χ2n) is 5.28. The highest BCUT2D eigenvalue weighted by atomic mass is 35.5. The van der Waals surface area contributed by atoms with Gasteiger partial charge in [-0.25, -0.2) is 0 Å². The summed E-state index contributed by atoms with van der Waals surface area (Å²) in [6, 6.07) is 0. The molecule has 3 nitrogen and oxygen atoms in total. The Bertz CT molecular complexity index is 233. The van der Waals surface area contributed by atoms with E-state index in [1.807, 2.05) is 0 Å². The molecule has 2 N–H and O–H groups in total. The van der Waals surface area contributed by atoms with E-state index in [2.05, 4.69) is 17.6 Å². The van der Waals surface area contributed by atoms with Crippen LogP contribution in [0.2, 0.25) is 0 Å². The predicted molar refractivity (Wildman–Crippen MR) is 67.9 cm³/mol. The molecule has 1 saturated carbocycles. The minimum atomic E-state index is 0. The number of piperidine rings is 1. The summed E-state index contributed by atoms with van der Waals surface area (Å²) in [6.45, 7) is 4.24. The van der Waals surface area contributed by atoms with Crippen LogP contribution in [0.1, 0.15) is 45.4 Å². The second-order valence-corrected chi connectivity index (χ2v) is 5.28. The highest BCUT2D eigenvalue weighted by Gasteiger charge is 2.31. The number of hydrogen-bond donors (Lipinski definition) is 2. The molecule has 0 aromatic carbocycles. The molecule has 94 valence electrons. The van der Waals surface area contributed by atoms with E-state index in [-0.39, 0.29) is 17.9 Å². The van der Waals surface area contributed by atoms with Crippen molar-refractivity contribution in [2.24, 2.45) is 5.92 Å². The Morgan fingerprint density at radius 1 is 1.25 bits per heavy atom. The van der Waals surface area contributed by atoms with Gasteiger partial charge < -0.3 is 10.6 Å².